The van der Waals surface area contributed by atoms with Gasteiger partial charge in [-0.2, -0.15) is 0 Å². The third-order valence-corrected chi connectivity index (χ3v) is 2.49. The molecule has 1 rings (SSSR count). The summed E-state index contributed by atoms with van der Waals surface area (Å²) in [6.45, 7) is 1.45. The fourth-order valence-electron chi connectivity index (χ4n) is 1.45. The van der Waals surface area contributed by atoms with E-state index in [0.29, 0.717) is 5.56 Å². The number of hydrogen-bond donors (Lipinski definition) is 3. The van der Waals surface area contributed by atoms with Crippen LogP contribution in [0.1, 0.15) is 15.9 Å². The van der Waals surface area contributed by atoms with Crippen molar-refractivity contribution in [1.82, 2.24) is 5.32 Å². The SMILES string of the molecule is COCC(NC(=O)c1cccc(O)c1C)C(=O)O. The van der Waals surface area contributed by atoms with Crippen molar-refractivity contribution in [1.29, 1.82) is 0 Å². The number of phenolic OH excluding ortho intramolecular Hbond substituents is 1. The first-order chi connectivity index (χ1) is 8.47. The fraction of sp³-hybridized carbons (Fsp3) is 0.333. The lowest BCUT2D eigenvalue weighted by atomic mass is 10.1. The molecule has 1 amide bonds. The van der Waals surface area contributed by atoms with Crippen LogP contribution in [0.5, 0.6) is 5.75 Å². The summed E-state index contributed by atoms with van der Waals surface area (Å²) in [4.78, 5) is 22.7. The Kier molecular flexibility index (Phi) is 4.67. The zero-order chi connectivity index (χ0) is 13.7. The minimum Gasteiger partial charge on any atom is -0.508 e. The minimum atomic E-state index is -1.18. The number of carboxylic acids is 1. The molecule has 0 aromatic heterocycles. The quantitative estimate of drug-likeness (QED) is 0.711. The maximum atomic E-state index is 11.9. The molecule has 0 saturated heterocycles. The summed E-state index contributed by atoms with van der Waals surface area (Å²) in [5.74, 6) is -1.75. The molecule has 0 spiro atoms. The molecule has 0 heterocycles. The lowest BCUT2D eigenvalue weighted by Gasteiger charge is -2.14. The van der Waals surface area contributed by atoms with Crippen LogP contribution >= 0.6 is 0 Å². The zero-order valence-corrected chi connectivity index (χ0v) is 10.1. The molecule has 0 aliphatic carbocycles. The van der Waals surface area contributed by atoms with Crippen molar-refractivity contribution >= 4 is 11.9 Å². The normalized spacial score (nSPS) is 11.9. The first-order valence-corrected chi connectivity index (χ1v) is 5.28. The summed E-state index contributed by atoms with van der Waals surface area (Å²) in [5, 5.41) is 20.7. The number of benzene rings is 1. The highest BCUT2D eigenvalue weighted by atomic mass is 16.5. The van der Waals surface area contributed by atoms with Gasteiger partial charge in [-0.25, -0.2) is 4.79 Å². The third kappa shape index (κ3) is 3.21. The molecule has 0 saturated carbocycles. The summed E-state index contributed by atoms with van der Waals surface area (Å²) >= 11 is 0. The lowest BCUT2D eigenvalue weighted by molar-refractivity contribution is -0.140. The first kappa shape index (κ1) is 14.0. The van der Waals surface area contributed by atoms with E-state index in [-0.39, 0.29) is 17.9 Å². The number of aromatic hydroxyl groups is 1. The van der Waals surface area contributed by atoms with Crippen LogP contribution in [-0.4, -0.2) is 41.8 Å². The molecule has 0 aliphatic heterocycles. The maximum absolute atomic E-state index is 11.9. The summed E-state index contributed by atoms with van der Waals surface area (Å²) in [7, 11) is 1.35. The van der Waals surface area contributed by atoms with Crippen LogP contribution < -0.4 is 5.32 Å². The van der Waals surface area contributed by atoms with Crippen molar-refractivity contribution in [2.45, 2.75) is 13.0 Å². The Morgan fingerprint density at radius 1 is 1.44 bits per heavy atom. The second kappa shape index (κ2) is 6.02. The zero-order valence-electron chi connectivity index (χ0n) is 10.1. The number of phenols is 1. The highest BCUT2D eigenvalue weighted by Crippen LogP contribution is 2.19. The molecule has 1 unspecified atom stereocenters. The smallest absolute Gasteiger partial charge is 0.328 e. The van der Waals surface area contributed by atoms with Crippen LogP contribution in [0.15, 0.2) is 18.2 Å². The Balaban J connectivity index is 2.87. The van der Waals surface area contributed by atoms with Crippen LogP contribution in [0.25, 0.3) is 0 Å². The van der Waals surface area contributed by atoms with Gasteiger partial charge in [-0.15, -0.1) is 0 Å². The predicted molar refractivity (Wildman–Crippen MR) is 63.6 cm³/mol. The van der Waals surface area contributed by atoms with E-state index in [9.17, 15) is 14.7 Å². The second-order valence-electron chi connectivity index (χ2n) is 3.77. The number of ether oxygens (including phenoxy) is 1. The van der Waals surface area contributed by atoms with Crippen molar-refractivity contribution in [3.8, 4) is 5.75 Å². The number of amides is 1. The average Bonchev–Trinajstić information content (AvgIpc) is 2.31. The van der Waals surface area contributed by atoms with Gasteiger partial charge in [-0.05, 0) is 19.1 Å². The number of carboxylic acid groups (broad SMARTS) is 1. The van der Waals surface area contributed by atoms with Crippen molar-refractivity contribution in [2.75, 3.05) is 13.7 Å². The molecule has 18 heavy (non-hydrogen) atoms. The van der Waals surface area contributed by atoms with E-state index in [1.54, 1.807) is 6.92 Å². The van der Waals surface area contributed by atoms with Crippen molar-refractivity contribution in [2.24, 2.45) is 0 Å². The van der Waals surface area contributed by atoms with Gasteiger partial charge in [0.15, 0.2) is 6.04 Å². The van der Waals surface area contributed by atoms with Gasteiger partial charge in [-0.3, -0.25) is 4.79 Å². The minimum absolute atomic E-state index is 0.0127. The Hall–Kier alpha value is -2.08. The van der Waals surface area contributed by atoms with Gasteiger partial charge < -0.3 is 20.3 Å². The molecule has 1 atom stereocenters. The van der Waals surface area contributed by atoms with E-state index < -0.39 is 17.9 Å². The van der Waals surface area contributed by atoms with Gasteiger partial charge >= 0.3 is 5.97 Å². The maximum Gasteiger partial charge on any atom is 0.328 e. The number of nitrogens with one attached hydrogen (secondary N) is 1. The summed E-state index contributed by atoms with van der Waals surface area (Å²) < 4.78 is 4.71. The van der Waals surface area contributed by atoms with Crippen LogP contribution in [0.3, 0.4) is 0 Å². The summed E-state index contributed by atoms with van der Waals surface area (Å²) in [6.07, 6.45) is 0. The monoisotopic (exact) mass is 253 g/mol. The van der Waals surface area contributed by atoms with Crippen molar-refractivity contribution in [3.05, 3.63) is 29.3 Å². The van der Waals surface area contributed by atoms with Crippen LogP contribution in [-0.2, 0) is 9.53 Å². The van der Waals surface area contributed by atoms with E-state index in [0.717, 1.165) is 0 Å². The molecule has 0 aliphatic rings. The first-order valence-electron chi connectivity index (χ1n) is 5.28. The number of carbonyl (C=O) groups excluding carboxylic acids is 1. The molecular weight excluding hydrogens is 238 g/mol. The van der Waals surface area contributed by atoms with E-state index in [4.69, 9.17) is 9.84 Å². The molecule has 3 N–H and O–H groups in total. The molecule has 1 aromatic carbocycles. The molecule has 6 heteroatoms. The standard InChI is InChI=1S/C12H15NO5/c1-7-8(4-3-5-10(7)14)11(15)13-9(6-18-2)12(16)17/h3-5,9,14H,6H2,1-2H3,(H,13,15)(H,16,17). The highest BCUT2D eigenvalue weighted by molar-refractivity contribution is 5.98. The Morgan fingerprint density at radius 3 is 2.67 bits per heavy atom. The molecule has 98 valence electrons. The summed E-state index contributed by atoms with van der Waals surface area (Å²) in [6, 6.07) is 3.36. The Bertz CT molecular complexity index is 458. The predicted octanol–water partition coefficient (Wildman–Crippen LogP) is 0.530. The summed E-state index contributed by atoms with van der Waals surface area (Å²) in [5.41, 5.74) is 0.633. The van der Waals surface area contributed by atoms with E-state index in [2.05, 4.69) is 5.32 Å². The Labute approximate surface area is 104 Å². The van der Waals surface area contributed by atoms with Crippen molar-refractivity contribution < 1.29 is 24.5 Å². The number of hydrogen-bond acceptors (Lipinski definition) is 4. The second-order valence-corrected chi connectivity index (χ2v) is 3.77. The van der Waals surface area contributed by atoms with Crippen LogP contribution in [0.4, 0.5) is 0 Å². The highest BCUT2D eigenvalue weighted by Gasteiger charge is 2.21. The molecule has 1 aromatic rings. The molecule has 0 bridgehead atoms. The third-order valence-electron chi connectivity index (χ3n) is 2.49. The lowest BCUT2D eigenvalue weighted by Crippen LogP contribution is -2.44. The number of carbonyl (C=O) groups is 2. The molecule has 0 radical (unpaired) electrons. The Morgan fingerprint density at radius 2 is 2.11 bits per heavy atom. The van der Waals surface area contributed by atoms with Gasteiger partial charge in [0, 0.05) is 18.2 Å². The van der Waals surface area contributed by atoms with Crippen LogP contribution in [0.2, 0.25) is 0 Å². The number of aliphatic carboxylic acids is 1. The molecular formula is C12H15NO5. The largest absolute Gasteiger partial charge is 0.508 e. The number of rotatable bonds is 5. The van der Waals surface area contributed by atoms with Gasteiger partial charge in [0.2, 0.25) is 0 Å². The molecule has 6 nitrogen and oxygen atoms in total. The van der Waals surface area contributed by atoms with E-state index in [1.165, 1.54) is 25.3 Å². The van der Waals surface area contributed by atoms with Gasteiger partial charge in [0.25, 0.3) is 5.91 Å². The molecule has 0 fully saturated rings. The van der Waals surface area contributed by atoms with Gasteiger partial charge in [-0.1, -0.05) is 6.07 Å². The van der Waals surface area contributed by atoms with Gasteiger partial charge in [0.1, 0.15) is 5.75 Å². The van der Waals surface area contributed by atoms with Gasteiger partial charge in [0.05, 0.1) is 6.61 Å². The number of methoxy groups -OCH3 is 1. The fourth-order valence-corrected chi connectivity index (χ4v) is 1.45. The van der Waals surface area contributed by atoms with Crippen molar-refractivity contribution in [3.63, 3.8) is 0 Å². The van der Waals surface area contributed by atoms with E-state index >= 15 is 0 Å². The average molecular weight is 253 g/mol. The van der Waals surface area contributed by atoms with E-state index in [1.807, 2.05) is 0 Å². The topological polar surface area (TPSA) is 95.9 Å². The van der Waals surface area contributed by atoms with Crippen LogP contribution in [0, 0.1) is 6.92 Å².